The molecule has 1 aliphatic carbocycles. The third-order valence-electron chi connectivity index (χ3n) is 2.10. The van der Waals surface area contributed by atoms with Crippen molar-refractivity contribution in [3.63, 3.8) is 0 Å². The molecule has 0 spiro atoms. The lowest BCUT2D eigenvalue weighted by Crippen LogP contribution is -2.10. The highest BCUT2D eigenvalue weighted by Gasteiger charge is 2.17. The first-order chi connectivity index (χ1) is 5.70. The van der Waals surface area contributed by atoms with Crippen molar-refractivity contribution < 1.29 is 9.90 Å². The first kappa shape index (κ1) is 9.65. The van der Waals surface area contributed by atoms with E-state index in [0.29, 0.717) is 10.2 Å². The molecule has 0 heterocycles. The van der Waals surface area contributed by atoms with Gasteiger partial charge in [-0.05, 0) is 12.8 Å². The predicted molar refractivity (Wildman–Crippen MR) is 51.2 cm³/mol. The van der Waals surface area contributed by atoms with Crippen LogP contribution in [0.4, 0.5) is 0 Å². The monoisotopic (exact) mass is 186 g/mol. The molecule has 1 saturated carbocycles. The van der Waals surface area contributed by atoms with E-state index in [1.54, 1.807) is 0 Å². The molecule has 2 nitrogen and oxygen atoms in total. The molecule has 0 atom stereocenters. The molecular weight excluding hydrogens is 172 g/mol. The molecule has 1 rings (SSSR count). The summed E-state index contributed by atoms with van der Waals surface area (Å²) in [5, 5.41) is 9.09. The quantitative estimate of drug-likeness (QED) is 0.688. The molecule has 1 fully saturated rings. The number of carboxylic acids is 1. The molecule has 1 N–H and O–H groups in total. The SMILES string of the molecule is C=C(SC1CCCCC1)C(=O)O. The van der Waals surface area contributed by atoms with Gasteiger partial charge in [0.1, 0.15) is 0 Å². The molecule has 0 amide bonds. The van der Waals surface area contributed by atoms with E-state index in [0.717, 1.165) is 12.8 Å². The maximum Gasteiger partial charge on any atom is 0.341 e. The van der Waals surface area contributed by atoms with Crippen LogP contribution in [0, 0.1) is 0 Å². The van der Waals surface area contributed by atoms with Crippen LogP contribution in [0.2, 0.25) is 0 Å². The summed E-state index contributed by atoms with van der Waals surface area (Å²) in [5.74, 6) is -0.870. The topological polar surface area (TPSA) is 37.3 Å². The number of hydrogen-bond donors (Lipinski definition) is 1. The smallest absolute Gasteiger partial charge is 0.341 e. The highest BCUT2D eigenvalue weighted by atomic mass is 32.2. The zero-order valence-corrected chi connectivity index (χ0v) is 7.90. The zero-order valence-electron chi connectivity index (χ0n) is 7.08. The minimum Gasteiger partial charge on any atom is -0.477 e. The van der Waals surface area contributed by atoms with Crippen molar-refractivity contribution in [2.45, 2.75) is 37.4 Å². The molecule has 0 aromatic carbocycles. The average molecular weight is 186 g/mol. The van der Waals surface area contributed by atoms with Crippen LogP contribution in [0.1, 0.15) is 32.1 Å². The van der Waals surface area contributed by atoms with Gasteiger partial charge in [-0.3, -0.25) is 0 Å². The van der Waals surface area contributed by atoms with Crippen LogP contribution in [0.15, 0.2) is 11.5 Å². The summed E-state index contributed by atoms with van der Waals surface area (Å²) in [6.07, 6.45) is 6.08. The van der Waals surface area contributed by atoms with Crippen LogP contribution in [-0.4, -0.2) is 16.3 Å². The van der Waals surface area contributed by atoms with E-state index in [1.165, 1.54) is 31.0 Å². The van der Waals surface area contributed by atoms with Crippen molar-refractivity contribution in [2.24, 2.45) is 0 Å². The van der Waals surface area contributed by atoms with Gasteiger partial charge in [-0.1, -0.05) is 25.8 Å². The number of carbonyl (C=O) groups is 1. The Bertz CT molecular complexity index is 183. The summed E-state index contributed by atoms with van der Waals surface area (Å²) < 4.78 is 0. The molecule has 0 bridgehead atoms. The van der Waals surface area contributed by atoms with Crippen molar-refractivity contribution in [3.8, 4) is 0 Å². The second-order valence-electron chi connectivity index (χ2n) is 3.11. The van der Waals surface area contributed by atoms with E-state index in [-0.39, 0.29) is 0 Å². The molecular formula is C9H14O2S. The van der Waals surface area contributed by atoms with Crippen molar-refractivity contribution >= 4 is 17.7 Å². The van der Waals surface area contributed by atoms with Crippen LogP contribution in [0.3, 0.4) is 0 Å². The van der Waals surface area contributed by atoms with Gasteiger partial charge < -0.3 is 5.11 Å². The summed E-state index contributed by atoms with van der Waals surface area (Å²) in [5.41, 5.74) is 0. The van der Waals surface area contributed by atoms with E-state index in [1.807, 2.05) is 0 Å². The summed E-state index contributed by atoms with van der Waals surface area (Å²) in [6, 6.07) is 0. The molecule has 0 aliphatic heterocycles. The number of rotatable bonds is 3. The van der Waals surface area contributed by atoms with Crippen molar-refractivity contribution in [1.29, 1.82) is 0 Å². The molecule has 1 aliphatic rings. The summed E-state index contributed by atoms with van der Waals surface area (Å²) in [4.78, 5) is 10.7. The van der Waals surface area contributed by atoms with Gasteiger partial charge in [-0.25, -0.2) is 4.79 Å². The maximum atomic E-state index is 10.5. The fraction of sp³-hybridized carbons (Fsp3) is 0.667. The average Bonchev–Trinajstić information content (AvgIpc) is 2.06. The van der Waals surface area contributed by atoms with Crippen molar-refractivity contribution in [3.05, 3.63) is 11.5 Å². The second kappa shape index (κ2) is 4.55. The molecule has 0 aromatic heterocycles. The number of thioether (sulfide) groups is 1. The molecule has 0 saturated heterocycles. The van der Waals surface area contributed by atoms with Crippen LogP contribution in [-0.2, 0) is 4.79 Å². The Morgan fingerprint density at radius 3 is 2.42 bits per heavy atom. The molecule has 0 radical (unpaired) electrons. The molecule has 0 aromatic rings. The third-order valence-corrected chi connectivity index (χ3v) is 3.36. The highest BCUT2D eigenvalue weighted by molar-refractivity contribution is 8.04. The summed E-state index contributed by atoms with van der Waals surface area (Å²) >= 11 is 1.43. The fourth-order valence-electron chi connectivity index (χ4n) is 1.43. The zero-order chi connectivity index (χ0) is 8.97. The van der Waals surface area contributed by atoms with Gasteiger partial charge in [-0.2, -0.15) is 0 Å². The van der Waals surface area contributed by atoms with E-state index >= 15 is 0 Å². The molecule has 12 heavy (non-hydrogen) atoms. The first-order valence-corrected chi connectivity index (χ1v) is 5.17. The van der Waals surface area contributed by atoms with Gasteiger partial charge in [0.05, 0.1) is 4.91 Å². The van der Waals surface area contributed by atoms with Crippen molar-refractivity contribution in [1.82, 2.24) is 0 Å². The Kier molecular flexibility index (Phi) is 3.66. The van der Waals surface area contributed by atoms with Gasteiger partial charge >= 0.3 is 5.97 Å². The Morgan fingerprint density at radius 1 is 1.33 bits per heavy atom. The lowest BCUT2D eigenvalue weighted by molar-refractivity contribution is -0.131. The van der Waals surface area contributed by atoms with Gasteiger partial charge in [0.2, 0.25) is 0 Å². The Balaban J connectivity index is 2.29. The Labute approximate surface area is 77.0 Å². The lowest BCUT2D eigenvalue weighted by atomic mass is 10.0. The Morgan fingerprint density at radius 2 is 1.92 bits per heavy atom. The van der Waals surface area contributed by atoms with E-state index < -0.39 is 5.97 Å². The number of aliphatic carboxylic acids is 1. The fourth-order valence-corrected chi connectivity index (χ4v) is 2.51. The van der Waals surface area contributed by atoms with Gasteiger partial charge in [-0.15, -0.1) is 11.8 Å². The highest BCUT2D eigenvalue weighted by Crippen LogP contribution is 2.32. The van der Waals surface area contributed by atoms with Gasteiger partial charge in [0.15, 0.2) is 0 Å². The normalized spacial score (nSPS) is 19.0. The molecule has 68 valence electrons. The van der Waals surface area contributed by atoms with Gasteiger partial charge in [0, 0.05) is 5.25 Å². The Hall–Kier alpha value is -0.440. The van der Waals surface area contributed by atoms with E-state index in [2.05, 4.69) is 6.58 Å². The number of carboxylic acid groups (broad SMARTS) is 1. The maximum absolute atomic E-state index is 10.5. The van der Waals surface area contributed by atoms with E-state index in [4.69, 9.17) is 5.11 Å². The molecule has 0 unspecified atom stereocenters. The van der Waals surface area contributed by atoms with Crippen LogP contribution < -0.4 is 0 Å². The summed E-state index contributed by atoms with van der Waals surface area (Å²) in [7, 11) is 0. The lowest BCUT2D eigenvalue weighted by Gasteiger charge is -2.20. The van der Waals surface area contributed by atoms with Crippen molar-refractivity contribution in [2.75, 3.05) is 0 Å². The largest absolute Gasteiger partial charge is 0.477 e. The van der Waals surface area contributed by atoms with Gasteiger partial charge in [0.25, 0.3) is 0 Å². The second-order valence-corrected chi connectivity index (χ2v) is 4.50. The first-order valence-electron chi connectivity index (χ1n) is 4.29. The van der Waals surface area contributed by atoms with Crippen LogP contribution in [0.5, 0.6) is 0 Å². The minimum atomic E-state index is -0.870. The minimum absolute atomic E-state index is 0.293. The van der Waals surface area contributed by atoms with Crippen LogP contribution >= 0.6 is 11.8 Å². The third kappa shape index (κ3) is 2.89. The van der Waals surface area contributed by atoms with Crippen LogP contribution in [0.25, 0.3) is 0 Å². The predicted octanol–water partition coefficient (Wildman–Crippen LogP) is 2.65. The standard InChI is InChI=1S/C9H14O2S/c1-7(9(10)11)12-8-5-3-2-4-6-8/h8H,1-6H2,(H,10,11). The number of hydrogen-bond acceptors (Lipinski definition) is 2. The summed E-state index contributed by atoms with van der Waals surface area (Å²) in [6.45, 7) is 3.51. The molecule has 3 heteroatoms. The van der Waals surface area contributed by atoms with E-state index in [9.17, 15) is 4.79 Å².